The number of H-pyrrole nitrogens is 1. The second-order valence-electron chi connectivity index (χ2n) is 11.3. The molecular formula is C31H32FN7O5. The van der Waals surface area contributed by atoms with E-state index in [1.54, 1.807) is 55.8 Å². The number of anilines is 2. The van der Waals surface area contributed by atoms with E-state index in [2.05, 4.69) is 25.3 Å². The van der Waals surface area contributed by atoms with Crippen LogP contribution in [0.4, 0.5) is 16.0 Å². The fourth-order valence-corrected chi connectivity index (χ4v) is 5.33. The average Bonchev–Trinajstić information content (AvgIpc) is 3.48. The van der Waals surface area contributed by atoms with Crippen LogP contribution < -0.4 is 11.1 Å². The number of esters is 1. The number of carbonyl (C=O) groups excluding carboxylic acids is 2. The molecule has 1 aliphatic carbocycles. The molecule has 1 amide bonds. The first kappa shape index (κ1) is 29.3. The van der Waals surface area contributed by atoms with Gasteiger partial charge in [0.1, 0.15) is 11.2 Å². The second kappa shape index (κ2) is 12.1. The first-order chi connectivity index (χ1) is 21.2. The molecule has 4 aromatic rings. The Kier molecular flexibility index (Phi) is 8.06. The van der Waals surface area contributed by atoms with Gasteiger partial charge in [0.2, 0.25) is 12.2 Å². The Morgan fingerprint density at radius 2 is 1.70 bits per heavy atom. The molecule has 1 aliphatic heterocycles. The molecule has 228 valence electrons. The van der Waals surface area contributed by atoms with E-state index >= 15 is 0 Å². The highest BCUT2D eigenvalue weighted by Gasteiger charge is 2.48. The fourth-order valence-electron chi connectivity index (χ4n) is 5.33. The van der Waals surface area contributed by atoms with Gasteiger partial charge in [-0.2, -0.15) is 0 Å². The molecule has 6 rings (SSSR count). The standard InChI is InChI=1S/C31H32FN7O5/c1-30(28(41)44-31(27(33)40)12-3-2-4-13-31)17-42-26(43-18-30)25-38-23(19-5-7-20(32)8-6-19)24(39-25)22-11-16-35-29(37-22)36-21-9-14-34-15-10-21/h5-11,14-16,26H,2-4,12-13,17-18H2,1H3,(H2,33,40)(H,38,39)(H,34,35,36,37). The Morgan fingerprint density at radius 3 is 2.39 bits per heavy atom. The maximum Gasteiger partial charge on any atom is 0.317 e. The molecule has 13 heteroatoms. The number of pyridine rings is 1. The van der Waals surface area contributed by atoms with E-state index in [-0.39, 0.29) is 19.0 Å². The number of aromatic amines is 1. The number of benzene rings is 1. The van der Waals surface area contributed by atoms with Gasteiger partial charge in [0.15, 0.2) is 11.4 Å². The van der Waals surface area contributed by atoms with Crippen molar-refractivity contribution in [2.24, 2.45) is 11.1 Å². The molecule has 4 N–H and O–H groups in total. The Labute approximate surface area is 252 Å². The summed E-state index contributed by atoms with van der Waals surface area (Å²) in [4.78, 5) is 46.5. The highest BCUT2D eigenvalue weighted by atomic mass is 19.1. The molecular weight excluding hydrogens is 569 g/mol. The minimum atomic E-state index is -1.31. The number of aromatic nitrogens is 5. The van der Waals surface area contributed by atoms with Crippen LogP contribution in [0.2, 0.25) is 0 Å². The molecule has 0 spiro atoms. The number of nitrogens with one attached hydrogen (secondary N) is 2. The maximum absolute atomic E-state index is 13.8. The number of halogens is 1. The van der Waals surface area contributed by atoms with Crippen molar-refractivity contribution in [2.45, 2.75) is 50.9 Å². The van der Waals surface area contributed by atoms with Crippen molar-refractivity contribution in [2.75, 3.05) is 18.5 Å². The van der Waals surface area contributed by atoms with Crippen LogP contribution in [0.1, 0.15) is 51.1 Å². The van der Waals surface area contributed by atoms with Crippen molar-refractivity contribution in [1.29, 1.82) is 0 Å². The molecule has 1 saturated heterocycles. The number of ether oxygens (including phenoxy) is 3. The lowest BCUT2D eigenvalue weighted by molar-refractivity contribution is -0.243. The average molecular weight is 602 g/mol. The van der Waals surface area contributed by atoms with Crippen LogP contribution in [0.3, 0.4) is 0 Å². The van der Waals surface area contributed by atoms with E-state index in [0.717, 1.165) is 24.9 Å². The number of imidazole rings is 1. The summed E-state index contributed by atoms with van der Waals surface area (Å²) >= 11 is 0. The molecule has 1 saturated carbocycles. The maximum atomic E-state index is 13.8. The first-order valence-corrected chi connectivity index (χ1v) is 14.4. The quantitative estimate of drug-likeness (QED) is 0.243. The molecule has 4 heterocycles. The van der Waals surface area contributed by atoms with Crippen LogP contribution in [0, 0.1) is 11.2 Å². The number of hydrogen-bond donors (Lipinski definition) is 3. The molecule has 3 aromatic heterocycles. The van der Waals surface area contributed by atoms with Crippen molar-refractivity contribution in [3.8, 4) is 22.6 Å². The summed E-state index contributed by atoms with van der Waals surface area (Å²) in [7, 11) is 0. The van der Waals surface area contributed by atoms with Crippen LogP contribution in [0.15, 0.2) is 61.1 Å². The summed E-state index contributed by atoms with van der Waals surface area (Å²) in [5, 5.41) is 3.14. The van der Waals surface area contributed by atoms with Crippen molar-refractivity contribution < 1.29 is 28.2 Å². The van der Waals surface area contributed by atoms with E-state index in [9.17, 15) is 14.0 Å². The highest BCUT2D eigenvalue weighted by molar-refractivity contribution is 5.88. The van der Waals surface area contributed by atoms with Crippen LogP contribution in [0.25, 0.3) is 22.6 Å². The van der Waals surface area contributed by atoms with Crippen molar-refractivity contribution in [3.05, 3.63) is 72.7 Å². The van der Waals surface area contributed by atoms with Gasteiger partial charge in [0.25, 0.3) is 5.91 Å². The van der Waals surface area contributed by atoms with Gasteiger partial charge < -0.3 is 30.2 Å². The zero-order valence-electron chi connectivity index (χ0n) is 24.1. The van der Waals surface area contributed by atoms with Gasteiger partial charge in [0, 0.05) is 29.8 Å². The van der Waals surface area contributed by atoms with Crippen molar-refractivity contribution in [3.63, 3.8) is 0 Å². The molecule has 1 aromatic carbocycles. The third-order valence-electron chi connectivity index (χ3n) is 7.91. The summed E-state index contributed by atoms with van der Waals surface area (Å²) < 4.78 is 31.5. The summed E-state index contributed by atoms with van der Waals surface area (Å²) in [5.41, 5.74) is 6.14. The van der Waals surface area contributed by atoms with Gasteiger partial charge in [-0.3, -0.25) is 14.6 Å². The number of hydrogen-bond acceptors (Lipinski definition) is 10. The lowest BCUT2D eigenvalue weighted by Crippen LogP contribution is -2.53. The molecule has 44 heavy (non-hydrogen) atoms. The molecule has 0 atom stereocenters. The number of nitrogens with two attached hydrogens (primary N) is 1. The minimum absolute atomic E-state index is 0.0409. The number of primary amides is 1. The van der Waals surface area contributed by atoms with Gasteiger partial charge in [-0.25, -0.2) is 19.3 Å². The molecule has 12 nitrogen and oxygen atoms in total. The number of rotatable bonds is 8. The number of amides is 1. The molecule has 0 radical (unpaired) electrons. The van der Waals surface area contributed by atoms with E-state index < -0.39 is 29.2 Å². The minimum Gasteiger partial charge on any atom is -0.448 e. The highest BCUT2D eigenvalue weighted by Crippen LogP contribution is 2.38. The first-order valence-electron chi connectivity index (χ1n) is 14.4. The smallest absolute Gasteiger partial charge is 0.317 e. The predicted octanol–water partition coefficient (Wildman–Crippen LogP) is 4.59. The van der Waals surface area contributed by atoms with E-state index in [4.69, 9.17) is 24.9 Å². The zero-order chi connectivity index (χ0) is 30.7. The summed E-state index contributed by atoms with van der Waals surface area (Å²) in [5.74, 6) is -0.934. The molecule has 2 aliphatic rings. The van der Waals surface area contributed by atoms with Gasteiger partial charge in [-0.1, -0.05) is 6.42 Å². The summed E-state index contributed by atoms with van der Waals surface area (Å²) in [6.07, 6.45) is 7.25. The van der Waals surface area contributed by atoms with Crippen molar-refractivity contribution >= 4 is 23.5 Å². The zero-order valence-corrected chi connectivity index (χ0v) is 24.1. The largest absolute Gasteiger partial charge is 0.448 e. The van der Waals surface area contributed by atoms with Crippen molar-refractivity contribution in [1.82, 2.24) is 24.9 Å². The number of carbonyl (C=O) groups is 2. The fraction of sp³-hybridized carbons (Fsp3) is 0.355. The number of nitrogens with zero attached hydrogens (tertiary/aromatic N) is 4. The molecule has 0 unspecified atom stereocenters. The van der Waals surface area contributed by atoms with E-state index in [1.807, 2.05) is 0 Å². The monoisotopic (exact) mass is 601 g/mol. The van der Waals surface area contributed by atoms with Crippen LogP contribution in [-0.2, 0) is 23.8 Å². The van der Waals surface area contributed by atoms with E-state index in [1.165, 1.54) is 12.1 Å². The van der Waals surface area contributed by atoms with Gasteiger partial charge in [-0.05, 0) is 75.1 Å². The van der Waals surface area contributed by atoms with E-state index in [0.29, 0.717) is 47.3 Å². The lowest BCUT2D eigenvalue weighted by atomic mass is 9.83. The predicted molar refractivity (Wildman–Crippen MR) is 156 cm³/mol. The lowest BCUT2D eigenvalue weighted by Gasteiger charge is -2.39. The molecule has 0 bridgehead atoms. The topological polar surface area (TPSA) is 167 Å². The summed E-state index contributed by atoms with van der Waals surface area (Å²) in [6, 6.07) is 11.2. The third-order valence-corrected chi connectivity index (χ3v) is 7.91. The van der Waals surface area contributed by atoms with Crippen LogP contribution >= 0.6 is 0 Å². The Balaban J connectivity index is 1.24. The van der Waals surface area contributed by atoms with Crippen LogP contribution in [-0.4, -0.2) is 55.6 Å². The molecule has 2 fully saturated rings. The summed E-state index contributed by atoms with van der Waals surface area (Å²) in [6.45, 7) is 1.58. The Bertz CT molecular complexity index is 1630. The Morgan fingerprint density at radius 1 is 1.00 bits per heavy atom. The van der Waals surface area contributed by atoms with Gasteiger partial charge in [-0.15, -0.1) is 0 Å². The third kappa shape index (κ3) is 6.01. The van der Waals surface area contributed by atoms with Gasteiger partial charge >= 0.3 is 5.97 Å². The van der Waals surface area contributed by atoms with Gasteiger partial charge in [0.05, 0.1) is 30.3 Å². The van der Waals surface area contributed by atoms with Crippen LogP contribution in [0.5, 0.6) is 0 Å². The normalized spacial score (nSPS) is 21.4. The SMILES string of the molecule is CC1(C(=O)OC2(C(N)=O)CCCCC2)COC(c2nc(-c3ccc(F)cc3)c(-c3ccnc(Nc4ccncc4)n3)[nH]2)OC1. The Hall–Kier alpha value is -4.75. The second-order valence-corrected chi connectivity index (χ2v) is 11.3.